The number of hydrogen-bond acceptors (Lipinski definition) is 4. The van der Waals surface area contributed by atoms with Gasteiger partial charge in [0.1, 0.15) is 5.76 Å². The monoisotopic (exact) mass is 274 g/mol. The number of hydrogen-bond donors (Lipinski definition) is 2. The molecule has 2 N–H and O–H groups in total. The Morgan fingerprint density at radius 2 is 2.00 bits per heavy atom. The number of sulfonamides is 1. The lowest BCUT2D eigenvalue weighted by molar-refractivity contribution is 0.348. The third-order valence-corrected chi connectivity index (χ3v) is 4.24. The van der Waals surface area contributed by atoms with Gasteiger partial charge in [0.2, 0.25) is 5.09 Å². The fourth-order valence-corrected chi connectivity index (χ4v) is 2.45. The van der Waals surface area contributed by atoms with Gasteiger partial charge in [0, 0.05) is 6.04 Å². The van der Waals surface area contributed by atoms with Gasteiger partial charge in [-0.1, -0.05) is 20.8 Å². The van der Waals surface area contributed by atoms with E-state index in [4.69, 9.17) is 4.42 Å². The fraction of sp³-hybridized carbons (Fsp3) is 0.667. The molecule has 0 bridgehead atoms. The maximum Gasteiger partial charge on any atom is 0.273 e. The summed E-state index contributed by atoms with van der Waals surface area (Å²) >= 11 is 0. The minimum Gasteiger partial charge on any atom is -0.447 e. The quantitative estimate of drug-likeness (QED) is 0.794. The van der Waals surface area contributed by atoms with Gasteiger partial charge in [-0.3, -0.25) is 0 Å². The molecule has 1 aromatic heterocycles. The Kier molecular flexibility index (Phi) is 5.37. The fourth-order valence-electron chi connectivity index (χ4n) is 1.78. The van der Waals surface area contributed by atoms with Crippen molar-refractivity contribution in [3.05, 3.63) is 17.9 Å². The number of nitrogens with one attached hydrogen (secondary N) is 2. The molecule has 0 aliphatic carbocycles. The molecule has 0 fully saturated rings. The first kappa shape index (κ1) is 15.2. The van der Waals surface area contributed by atoms with E-state index < -0.39 is 10.0 Å². The van der Waals surface area contributed by atoms with Crippen LogP contribution in [-0.2, 0) is 16.6 Å². The molecule has 0 saturated carbocycles. The van der Waals surface area contributed by atoms with E-state index in [0.29, 0.717) is 24.3 Å². The first-order valence-electron chi connectivity index (χ1n) is 6.16. The summed E-state index contributed by atoms with van der Waals surface area (Å²) in [4.78, 5) is 0. The summed E-state index contributed by atoms with van der Waals surface area (Å²) in [6, 6.07) is 3.56. The first-order chi connectivity index (χ1) is 8.40. The van der Waals surface area contributed by atoms with Gasteiger partial charge in [-0.2, -0.15) is 0 Å². The molecule has 1 heterocycles. The van der Waals surface area contributed by atoms with Crippen molar-refractivity contribution in [3.63, 3.8) is 0 Å². The minimum atomic E-state index is -3.48. The SMILES string of the molecule is CCC(NCc1ccc(S(=O)(=O)NC)o1)C(C)C. The summed E-state index contributed by atoms with van der Waals surface area (Å²) < 4.78 is 30.5. The van der Waals surface area contributed by atoms with Crippen LogP contribution < -0.4 is 10.0 Å². The Labute approximate surface area is 109 Å². The van der Waals surface area contributed by atoms with Gasteiger partial charge >= 0.3 is 0 Å². The molecular weight excluding hydrogens is 252 g/mol. The van der Waals surface area contributed by atoms with Crippen molar-refractivity contribution in [2.24, 2.45) is 5.92 Å². The molecule has 18 heavy (non-hydrogen) atoms. The topological polar surface area (TPSA) is 71.3 Å². The van der Waals surface area contributed by atoms with Gasteiger partial charge in [0.25, 0.3) is 10.0 Å². The van der Waals surface area contributed by atoms with Crippen LogP contribution in [0.15, 0.2) is 21.6 Å². The second-order valence-corrected chi connectivity index (χ2v) is 6.39. The zero-order valence-corrected chi connectivity index (χ0v) is 12.2. The van der Waals surface area contributed by atoms with E-state index in [1.54, 1.807) is 6.07 Å². The van der Waals surface area contributed by atoms with Gasteiger partial charge in [-0.25, -0.2) is 13.1 Å². The highest BCUT2D eigenvalue weighted by Gasteiger charge is 2.17. The second kappa shape index (κ2) is 6.36. The van der Waals surface area contributed by atoms with Crippen LogP contribution in [0.5, 0.6) is 0 Å². The number of furan rings is 1. The van der Waals surface area contributed by atoms with Crippen LogP contribution in [0.2, 0.25) is 0 Å². The average molecular weight is 274 g/mol. The van der Waals surface area contributed by atoms with E-state index >= 15 is 0 Å². The predicted octanol–water partition coefficient (Wildman–Crippen LogP) is 1.71. The largest absolute Gasteiger partial charge is 0.447 e. The maximum absolute atomic E-state index is 11.5. The molecule has 1 atom stereocenters. The minimum absolute atomic E-state index is 0.0422. The molecule has 0 aliphatic rings. The van der Waals surface area contributed by atoms with Crippen LogP contribution in [0.1, 0.15) is 33.0 Å². The lowest BCUT2D eigenvalue weighted by atomic mass is 10.0. The van der Waals surface area contributed by atoms with Crippen molar-refractivity contribution in [2.75, 3.05) is 7.05 Å². The van der Waals surface area contributed by atoms with Crippen LogP contribution >= 0.6 is 0 Å². The lowest BCUT2D eigenvalue weighted by Crippen LogP contribution is -2.32. The van der Waals surface area contributed by atoms with Crippen molar-refractivity contribution in [3.8, 4) is 0 Å². The van der Waals surface area contributed by atoms with Crippen LogP contribution in [0.25, 0.3) is 0 Å². The van der Waals surface area contributed by atoms with E-state index in [-0.39, 0.29) is 5.09 Å². The summed E-state index contributed by atoms with van der Waals surface area (Å²) in [6.07, 6.45) is 1.03. The van der Waals surface area contributed by atoms with Gasteiger partial charge in [0.05, 0.1) is 6.54 Å². The Morgan fingerprint density at radius 1 is 1.33 bits per heavy atom. The molecule has 0 aliphatic heterocycles. The van der Waals surface area contributed by atoms with Crippen LogP contribution in [0.3, 0.4) is 0 Å². The zero-order valence-electron chi connectivity index (χ0n) is 11.4. The molecule has 1 unspecified atom stereocenters. The van der Waals surface area contributed by atoms with Crippen LogP contribution in [-0.4, -0.2) is 21.5 Å². The van der Waals surface area contributed by atoms with E-state index in [9.17, 15) is 8.42 Å². The van der Waals surface area contributed by atoms with E-state index in [2.05, 4.69) is 30.8 Å². The van der Waals surface area contributed by atoms with Gasteiger partial charge in [-0.15, -0.1) is 0 Å². The van der Waals surface area contributed by atoms with Crippen LogP contribution in [0, 0.1) is 5.92 Å². The highest BCUT2D eigenvalue weighted by atomic mass is 32.2. The molecule has 104 valence electrons. The summed E-state index contributed by atoms with van der Waals surface area (Å²) in [7, 11) is -2.12. The Balaban J connectivity index is 2.65. The van der Waals surface area contributed by atoms with Crippen molar-refractivity contribution in [1.29, 1.82) is 0 Å². The molecule has 0 spiro atoms. The summed E-state index contributed by atoms with van der Waals surface area (Å²) in [5.41, 5.74) is 0. The van der Waals surface area contributed by atoms with E-state index in [1.165, 1.54) is 13.1 Å². The molecule has 5 nitrogen and oxygen atoms in total. The maximum atomic E-state index is 11.5. The summed E-state index contributed by atoms with van der Waals surface area (Å²) in [5.74, 6) is 1.16. The predicted molar refractivity (Wildman–Crippen MR) is 70.7 cm³/mol. The third kappa shape index (κ3) is 3.83. The molecule has 1 rings (SSSR count). The Hall–Kier alpha value is -0.850. The van der Waals surface area contributed by atoms with Crippen LogP contribution in [0.4, 0.5) is 0 Å². The highest BCUT2D eigenvalue weighted by Crippen LogP contribution is 2.14. The van der Waals surface area contributed by atoms with Crippen molar-refractivity contribution in [2.45, 2.75) is 44.9 Å². The molecular formula is C12H22N2O3S. The first-order valence-corrected chi connectivity index (χ1v) is 7.64. The third-order valence-electron chi connectivity index (χ3n) is 2.95. The molecule has 0 saturated heterocycles. The van der Waals surface area contributed by atoms with Crippen molar-refractivity contribution in [1.82, 2.24) is 10.0 Å². The normalized spacial score (nSPS) is 14.1. The van der Waals surface area contributed by atoms with Crippen molar-refractivity contribution >= 4 is 10.0 Å². The van der Waals surface area contributed by atoms with Gasteiger partial charge in [0.15, 0.2) is 0 Å². The highest BCUT2D eigenvalue weighted by molar-refractivity contribution is 7.89. The van der Waals surface area contributed by atoms with E-state index in [1.807, 2.05) is 0 Å². The average Bonchev–Trinajstić information content (AvgIpc) is 2.79. The zero-order chi connectivity index (χ0) is 13.8. The second-order valence-electron chi connectivity index (χ2n) is 4.57. The standard InChI is InChI=1S/C12H22N2O3S/c1-5-11(9(2)3)14-8-10-6-7-12(17-10)18(15,16)13-4/h6-7,9,11,13-14H,5,8H2,1-4H3. The lowest BCUT2D eigenvalue weighted by Gasteiger charge is -2.19. The Morgan fingerprint density at radius 3 is 2.50 bits per heavy atom. The Bertz CT molecular complexity index is 465. The van der Waals surface area contributed by atoms with Crippen molar-refractivity contribution < 1.29 is 12.8 Å². The smallest absolute Gasteiger partial charge is 0.273 e. The molecule has 6 heteroatoms. The van der Waals surface area contributed by atoms with Gasteiger partial charge in [-0.05, 0) is 31.5 Å². The van der Waals surface area contributed by atoms with E-state index in [0.717, 1.165) is 6.42 Å². The number of rotatable bonds is 7. The molecule has 0 aromatic carbocycles. The summed E-state index contributed by atoms with van der Waals surface area (Å²) in [5, 5.41) is 3.32. The summed E-state index contributed by atoms with van der Waals surface area (Å²) in [6.45, 7) is 6.97. The molecule has 1 aromatic rings. The molecule has 0 amide bonds. The van der Waals surface area contributed by atoms with Gasteiger partial charge < -0.3 is 9.73 Å². The molecule has 0 radical (unpaired) electrons.